The zero-order valence-corrected chi connectivity index (χ0v) is 13.7. The van der Waals surface area contributed by atoms with E-state index in [-0.39, 0.29) is 0 Å². The number of aromatic nitrogens is 4. The van der Waals surface area contributed by atoms with Crippen LogP contribution in [0.3, 0.4) is 0 Å². The maximum absolute atomic E-state index is 4.60. The highest BCUT2D eigenvalue weighted by molar-refractivity contribution is 5.92. The van der Waals surface area contributed by atoms with Gasteiger partial charge in [-0.15, -0.1) is 0 Å². The van der Waals surface area contributed by atoms with E-state index in [1.54, 1.807) is 6.33 Å². The van der Waals surface area contributed by atoms with Gasteiger partial charge in [0, 0.05) is 30.9 Å². The summed E-state index contributed by atoms with van der Waals surface area (Å²) in [7, 11) is 0. The summed E-state index contributed by atoms with van der Waals surface area (Å²) in [6.45, 7) is 3.96. The minimum absolute atomic E-state index is 0.396. The van der Waals surface area contributed by atoms with E-state index in [0.717, 1.165) is 35.6 Å². The van der Waals surface area contributed by atoms with Crippen molar-refractivity contribution in [2.45, 2.75) is 31.6 Å². The molecule has 1 aliphatic heterocycles. The summed E-state index contributed by atoms with van der Waals surface area (Å²) in [6, 6.07) is 6.21. The molecule has 1 aromatic carbocycles. The summed E-state index contributed by atoms with van der Waals surface area (Å²) < 4.78 is 0. The predicted octanol–water partition coefficient (Wildman–Crippen LogP) is 3.21. The largest absolute Gasteiger partial charge is 0.354 e. The summed E-state index contributed by atoms with van der Waals surface area (Å²) in [6.07, 6.45) is 8.28. The van der Waals surface area contributed by atoms with Crippen LogP contribution < -0.4 is 4.90 Å². The summed E-state index contributed by atoms with van der Waals surface area (Å²) in [5.74, 6) is 3.11. The second-order valence-electron chi connectivity index (χ2n) is 6.92. The van der Waals surface area contributed by atoms with Crippen molar-refractivity contribution < 1.29 is 0 Å². The lowest BCUT2D eigenvalue weighted by Crippen LogP contribution is -2.46. The van der Waals surface area contributed by atoms with Gasteiger partial charge in [-0.05, 0) is 42.9 Å². The molecule has 3 aromatic rings. The van der Waals surface area contributed by atoms with Gasteiger partial charge in [-0.2, -0.15) is 0 Å². The molecule has 24 heavy (non-hydrogen) atoms. The Morgan fingerprint density at radius 2 is 1.75 bits per heavy atom. The first-order chi connectivity index (χ1) is 11.8. The molecule has 5 heteroatoms. The average Bonchev–Trinajstić information content (AvgIpc) is 3.39. The fourth-order valence-corrected chi connectivity index (χ4v) is 3.50. The van der Waals surface area contributed by atoms with Crippen LogP contribution in [0.4, 0.5) is 5.82 Å². The number of aryl methyl sites for hydroxylation is 1. The van der Waals surface area contributed by atoms with Crippen LogP contribution >= 0.6 is 0 Å². The van der Waals surface area contributed by atoms with E-state index >= 15 is 0 Å². The van der Waals surface area contributed by atoms with Gasteiger partial charge >= 0.3 is 0 Å². The number of hydrogen-bond acceptors (Lipinski definition) is 5. The standard InChI is InChI=1S/C19H19N5/c1-12-3-2-4-16-17(12)19(23-11-22-16)24-9-15(10-24)18-20-7-14(8-21-18)13-5-6-13/h2-4,7-8,11,13,15H,5-6,9-10H2,1H3. The first-order valence-corrected chi connectivity index (χ1v) is 8.56. The molecule has 0 radical (unpaired) electrons. The van der Waals surface area contributed by atoms with Crippen LogP contribution in [-0.4, -0.2) is 33.0 Å². The number of hydrogen-bond donors (Lipinski definition) is 0. The lowest BCUT2D eigenvalue weighted by Gasteiger charge is -2.39. The normalized spacial score (nSPS) is 18.0. The highest BCUT2D eigenvalue weighted by atomic mass is 15.3. The Bertz CT molecular complexity index is 890. The third-order valence-electron chi connectivity index (χ3n) is 5.14. The quantitative estimate of drug-likeness (QED) is 0.742. The Kier molecular flexibility index (Phi) is 3.01. The van der Waals surface area contributed by atoms with Crippen LogP contribution in [0.25, 0.3) is 10.9 Å². The third kappa shape index (κ3) is 2.23. The number of nitrogens with zero attached hydrogens (tertiary/aromatic N) is 5. The Morgan fingerprint density at radius 1 is 0.958 bits per heavy atom. The van der Waals surface area contributed by atoms with Crippen molar-refractivity contribution in [3.8, 4) is 0 Å². The second-order valence-corrected chi connectivity index (χ2v) is 6.92. The van der Waals surface area contributed by atoms with Gasteiger partial charge in [-0.3, -0.25) is 0 Å². The molecule has 5 nitrogen and oxygen atoms in total. The maximum Gasteiger partial charge on any atom is 0.140 e. The molecular formula is C19H19N5. The minimum atomic E-state index is 0.396. The van der Waals surface area contributed by atoms with E-state index in [1.807, 2.05) is 24.5 Å². The number of rotatable bonds is 3. The molecule has 120 valence electrons. The molecule has 2 aromatic heterocycles. The highest BCUT2D eigenvalue weighted by Gasteiger charge is 2.33. The van der Waals surface area contributed by atoms with Crippen LogP contribution in [0.2, 0.25) is 0 Å². The smallest absolute Gasteiger partial charge is 0.140 e. The van der Waals surface area contributed by atoms with E-state index in [2.05, 4.69) is 37.8 Å². The average molecular weight is 317 g/mol. The molecule has 2 fully saturated rings. The Balaban J connectivity index is 1.38. The molecule has 2 aliphatic rings. The molecular weight excluding hydrogens is 298 g/mol. The molecule has 0 atom stereocenters. The van der Waals surface area contributed by atoms with E-state index in [4.69, 9.17) is 0 Å². The third-order valence-corrected chi connectivity index (χ3v) is 5.14. The van der Waals surface area contributed by atoms with Crippen molar-refractivity contribution in [2.75, 3.05) is 18.0 Å². The monoisotopic (exact) mass is 317 g/mol. The summed E-state index contributed by atoms with van der Waals surface area (Å²) in [4.78, 5) is 20.4. The van der Waals surface area contributed by atoms with Gasteiger partial charge in [0.1, 0.15) is 18.0 Å². The van der Waals surface area contributed by atoms with Gasteiger partial charge in [-0.25, -0.2) is 19.9 Å². The second kappa shape index (κ2) is 5.23. The molecule has 3 heterocycles. The minimum Gasteiger partial charge on any atom is -0.354 e. The van der Waals surface area contributed by atoms with E-state index in [0.29, 0.717) is 11.8 Å². The lowest BCUT2D eigenvalue weighted by molar-refractivity contribution is 0.497. The van der Waals surface area contributed by atoms with Gasteiger partial charge in [0.25, 0.3) is 0 Å². The predicted molar refractivity (Wildman–Crippen MR) is 93.2 cm³/mol. The van der Waals surface area contributed by atoms with Crippen LogP contribution in [0.1, 0.15) is 41.6 Å². The fraction of sp³-hybridized carbons (Fsp3) is 0.368. The van der Waals surface area contributed by atoms with Gasteiger partial charge in [0.15, 0.2) is 0 Å². The van der Waals surface area contributed by atoms with Gasteiger partial charge in [0.2, 0.25) is 0 Å². The van der Waals surface area contributed by atoms with Crippen LogP contribution in [-0.2, 0) is 0 Å². The van der Waals surface area contributed by atoms with E-state index < -0.39 is 0 Å². The lowest BCUT2D eigenvalue weighted by atomic mass is 9.98. The van der Waals surface area contributed by atoms with Gasteiger partial charge in [-0.1, -0.05) is 12.1 Å². The van der Waals surface area contributed by atoms with Crippen molar-refractivity contribution in [3.05, 3.63) is 53.9 Å². The van der Waals surface area contributed by atoms with Crippen molar-refractivity contribution in [2.24, 2.45) is 0 Å². The first-order valence-electron chi connectivity index (χ1n) is 8.56. The van der Waals surface area contributed by atoms with E-state index in [9.17, 15) is 0 Å². The molecule has 0 N–H and O–H groups in total. The summed E-state index contributed by atoms with van der Waals surface area (Å²) in [5, 5.41) is 1.16. The molecule has 0 spiro atoms. The molecule has 0 amide bonds. The topological polar surface area (TPSA) is 54.8 Å². The fourth-order valence-electron chi connectivity index (χ4n) is 3.50. The van der Waals surface area contributed by atoms with Crippen LogP contribution in [0.15, 0.2) is 36.9 Å². The first kappa shape index (κ1) is 13.8. The van der Waals surface area contributed by atoms with Crippen LogP contribution in [0.5, 0.6) is 0 Å². The van der Waals surface area contributed by atoms with Gasteiger partial charge < -0.3 is 4.90 Å². The molecule has 0 bridgehead atoms. The van der Waals surface area contributed by atoms with Crippen molar-refractivity contribution in [1.29, 1.82) is 0 Å². The Morgan fingerprint density at radius 3 is 2.50 bits per heavy atom. The zero-order valence-electron chi connectivity index (χ0n) is 13.7. The number of fused-ring (bicyclic) bond motifs is 1. The summed E-state index contributed by atoms with van der Waals surface area (Å²) in [5.41, 5.74) is 3.53. The molecule has 1 aliphatic carbocycles. The number of benzene rings is 1. The Labute approximate surface area is 140 Å². The summed E-state index contributed by atoms with van der Waals surface area (Å²) >= 11 is 0. The van der Waals surface area contributed by atoms with E-state index in [1.165, 1.54) is 24.0 Å². The Hall–Kier alpha value is -2.56. The SMILES string of the molecule is Cc1cccc2ncnc(N3CC(c4ncc(C5CC5)cn4)C3)c12. The van der Waals surface area contributed by atoms with Gasteiger partial charge in [0.05, 0.1) is 11.4 Å². The van der Waals surface area contributed by atoms with Crippen molar-refractivity contribution in [3.63, 3.8) is 0 Å². The van der Waals surface area contributed by atoms with Crippen LogP contribution in [0, 0.1) is 6.92 Å². The maximum atomic E-state index is 4.60. The number of anilines is 1. The molecule has 5 rings (SSSR count). The zero-order chi connectivity index (χ0) is 16.1. The van der Waals surface area contributed by atoms with Crippen molar-refractivity contribution in [1.82, 2.24) is 19.9 Å². The highest BCUT2D eigenvalue weighted by Crippen LogP contribution is 2.40. The van der Waals surface area contributed by atoms with Crippen molar-refractivity contribution >= 4 is 16.7 Å². The molecule has 1 saturated heterocycles. The molecule has 1 saturated carbocycles. The molecule has 0 unspecified atom stereocenters.